The van der Waals surface area contributed by atoms with Crippen LogP contribution in [0.4, 0.5) is 0 Å². The zero-order chi connectivity index (χ0) is 10.5. The van der Waals surface area contributed by atoms with Crippen LogP contribution in [0, 0.1) is 23.7 Å². The molecule has 2 heteroatoms. The summed E-state index contributed by atoms with van der Waals surface area (Å²) in [5.74, 6) is 3.22. The second-order valence-electron chi connectivity index (χ2n) is 5.44. The Bertz CT molecular complexity index is 213. The van der Waals surface area contributed by atoms with Gasteiger partial charge in [0.15, 0.2) is 5.79 Å². The SMILES string of the molecule is CCOC1(OCC)C2CC3CC1CC3C2. The monoisotopic (exact) mass is 210 g/mol. The summed E-state index contributed by atoms with van der Waals surface area (Å²) < 4.78 is 12.1. The van der Waals surface area contributed by atoms with E-state index in [1.807, 2.05) is 0 Å². The molecule has 4 saturated carbocycles. The molecule has 0 aliphatic heterocycles. The lowest BCUT2D eigenvalue weighted by molar-refractivity contribution is -0.304. The molecule has 0 aromatic rings. The molecule has 0 unspecified atom stereocenters. The molecule has 4 rings (SSSR count). The van der Waals surface area contributed by atoms with Gasteiger partial charge in [-0.3, -0.25) is 0 Å². The maximum atomic E-state index is 6.07. The van der Waals surface area contributed by atoms with Crippen LogP contribution < -0.4 is 0 Å². The minimum atomic E-state index is -0.187. The molecule has 0 N–H and O–H groups in total. The van der Waals surface area contributed by atoms with Crippen LogP contribution in [0.1, 0.15) is 39.5 Å². The van der Waals surface area contributed by atoms with E-state index in [1.165, 1.54) is 25.7 Å². The van der Waals surface area contributed by atoms with Crippen LogP contribution in [0.3, 0.4) is 0 Å². The lowest BCUT2D eigenvalue weighted by atomic mass is 9.75. The van der Waals surface area contributed by atoms with Gasteiger partial charge in [0, 0.05) is 25.0 Å². The topological polar surface area (TPSA) is 18.5 Å². The van der Waals surface area contributed by atoms with Gasteiger partial charge in [-0.1, -0.05) is 0 Å². The van der Waals surface area contributed by atoms with Crippen LogP contribution in [0.25, 0.3) is 0 Å². The lowest BCUT2D eigenvalue weighted by Gasteiger charge is -2.47. The highest BCUT2D eigenvalue weighted by Gasteiger charge is 2.62. The first kappa shape index (κ1) is 10.1. The van der Waals surface area contributed by atoms with Crippen LogP contribution >= 0.6 is 0 Å². The normalized spacial score (nSPS) is 45.2. The van der Waals surface area contributed by atoms with Crippen molar-refractivity contribution in [3.63, 3.8) is 0 Å². The second-order valence-corrected chi connectivity index (χ2v) is 5.44. The van der Waals surface area contributed by atoms with Crippen molar-refractivity contribution in [2.24, 2.45) is 23.7 Å². The van der Waals surface area contributed by atoms with Gasteiger partial charge in [-0.05, 0) is 51.4 Å². The molecule has 0 heterocycles. The quantitative estimate of drug-likeness (QED) is 0.664. The Morgan fingerprint density at radius 1 is 0.867 bits per heavy atom. The number of hydrogen-bond donors (Lipinski definition) is 0. The first-order valence-electron chi connectivity index (χ1n) is 6.58. The van der Waals surface area contributed by atoms with Crippen LogP contribution in [-0.2, 0) is 9.47 Å². The van der Waals surface area contributed by atoms with Crippen LogP contribution in [0.15, 0.2) is 0 Å². The van der Waals surface area contributed by atoms with E-state index in [0.717, 1.165) is 25.0 Å². The summed E-state index contributed by atoms with van der Waals surface area (Å²) >= 11 is 0. The Kier molecular flexibility index (Phi) is 2.33. The fraction of sp³-hybridized carbons (Fsp3) is 1.00. The zero-order valence-electron chi connectivity index (χ0n) is 9.87. The van der Waals surface area contributed by atoms with Crippen molar-refractivity contribution in [3.05, 3.63) is 0 Å². The van der Waals surface area contributed by atoms with Gasteiger partial charge in [-0.15, -0.1) is 0 Å². The van der Waals surface area contributed by atoms with E-state index in [-0.39, 0.29) is 5.79 Å². The van der Waals surface area contributed by atoms with Gasteiger partial charge in [-0.2, -0.15) is 0 Å². The van der Waals surface area contributed by atoms with Crippen molar-refractivity contribution in [2.45, 2.75) is 45.3 Å². The van der Waals surface area contributed by atoms with E-state index in [2.05, 4.69) is 13.8 Å². The summed E-state index contributed by atoms with van der Waals surface area (Å²) in [5.41, 5.74) is 0. The molecule has 0 atom stereocenters. The summed E-state index contributed by atoms with van der Waals surface area (Å²) in [6.45, 7) is 5.78. The smallest absolute Gasteiger partial charge is 0.173 e. The average molecular weight is 210 g/mol. The molecule has 4 aliphatic carbocycles. The predicted molar refractivity (Wildman–Crippen MR) is 58.4 cm³/mol. The van der Waals surface area contributed by atoms with Crippen molar-refractivity contribution in [2.75, 3.05) is 13.2 Å². The Balaban J connectivity index is 1.87. The van der Waals surface area contributed by atoms with E-state index in [9.17, 15) is 0 Å². The highest BCUT2D eigenvalue weighted by atomic mass is 16.7. The van der Waals surface area contributed by atoms with E-state index < -0.39 is 0 Å². The number of rotatable bonds is 4. The Morgan fingerprint density at radius 3 is 1.60 bits per heavy atom. The fourth-order valence-corrected chi connectivity index (χ4v) is 4.57. The van der Waals surface area contributed by atoms with E-state index in [1.54, 1.807) is 0 Å². The largest absolute Gasteiger partial charge is 0.350 e. The maximum Gasteiger partial charge on any atom is 0.173 e. The van der Waals surface area contributed by atoms with Gasteiger partial charge in [-0.25, -0.2) is 0 Å². The molecule has 0 saturated heterocycles. The van der Waals surface area contributed by atoms with Crippen LogP contribution in [0.2, 0.25) is 0 Å². The molecule has 0 amide bonds. The first-order chi connectivity index (χ1) is 7.30. The van der Waals surface area contributed by atoms with Crippen molar-refractivity contribution in [3.8, 4) is 0 Å². The second kappa shape index (κ2) is 3.46. The first-order valence-corrected chi connectivity index (χ1v) is 6.58. The standard InChI is InChI=1S/C13H22O2/c1-3-14-13(15-4-2)11-5-9-6-12(13)8-10(9)7-11/h9-12H,3-8H2,1-2H3. The van der Waals surface area contributed by atoms with E-state index >= 15 is 0 Å². The zero-order valence-corrected chi connectivity index (χ0v) is 9.87. The summed E-state index contributed by atoms with van der Waals surface area (Å²) in [6, 6.07) is 0. The van der Waals surface area contributed by atoms with Gasteiger partial charge >= 0.3 is 0 Å². The molecular formula is C13H22O2. The van der Waals surface area contributed by atoms with Gasteiger partial charge in [0.05, 0.1) is 0 Å². The van der Waals surface area contributed by atoms with Crippen molar-refractivity contribution in [1.29, 1.82) is 0 Å². The maximum absolute atomic E-state index is 6.07. The van der Waals surface area contributed by atoms with Gasteiger partial charge in [0.1, 0.15) is 0 Å². The highest BCUT2D eigenvalue weighted by molar-refractivity contribution is 5.07. The number of ether oxygens (including phenoxy) is 2. The summed E-state index contributed by atoms with van der Waals surface area (Å²) in [4.78, 5) is 0. The molecule has 2 nitrogen and oxygen atoms in total. The van der Waals surface area contributed by atoms with Gasteiger partial charge < -0.3 is 9.47 Å². The van der Waals surface area contributed by atoms with Crippen molar-refractivity contribution < 1.29 is 9.47 Å². The van der Waals surface area contributed by atoms with Crippen molar-refractivity contribution in [1.82, 2.24) is 0 Å². The number of hydrogen-bond acceptors (Lipinski definition) is 2. The van der Waals surface area contributed by atoms with E-state index in [0.29, 0.717) is 11.8 Å². The molecule has 4 bridgehead atoms. The fourth-order valence-electron chi connectivity index (χ4n) is 4.57. The molecule has 0 aromatic heterocycles. The minimum absolute atomic E-state index is 0.187. The third-order valence-corrected chi connectivity index (χ3v) is 4.89. The summed E-state index contributed by atoms with van der Waals surface area (Å²) in [7, 11) is 0. The molecule has 4 fully saturated rings. The lowest BCUT2D eigenvalue weighted by Crippen LogP contribution is -2.52. The molecule has 86 valence electrons. The molecule has 0 spiro atoms. The van der Waals surface area contributed by atoms with E-state index in [4.69, 9.17) is 9.47 Å². The Hall–Kier alpha value is -0.0800. The Morgan fingerprint density at radius 2 is 1.27 bits per heavy atom. The third-order valence-electron chi connectivity index (χ3n) is 4.89. The van der Waals surface area contributed by atoms with Gasteiger partial charge in [0.2, 0.25) is 0 Å². The van der Waals surface area contributed by atoms with Crippen molar-refractivity contribution >= 4 is 0 Å². The summed E-state index contributed by atoms with van der Waals surface area (Å²) in [6.07, 6.45) is 5.45. The molecule has 4 aliphatic rings. The highest BCUT2D eigenvalue weighted by Crippen LogP contribution is 2.63. The summed E-state index contributed by atoms with van der Waals surface area (Å²) in [5, 5.41) is 0. The average Bonchev–Trinajstić information content (AvgIpc) is 2.68. The minimum Gasteiger partial charge on any atom is -0.350 e. The third kappa shape index (κ3) is 1.24. The van der Waals surface area contributed by atoms with Gasteiger partial charge in [0.25, 0.3) is 0 Å². The molecule has 15 heavy (non-hydrogen) atoms. The van der Waals surface area contributed by atoms with Crippen LogP contribution in [0.5, 0.6) is 0 Å². The Labute approximate surface area is 92.3 Å². The predicted octanol–water partition coefficient (Wildman–Crippen LogP) is 2.82. The molecule has 0 aromatic carbocycles. The molecular weight excluding hydrogens is 188 g/mol. The van der Waals surface area contributed by atoms with Crippen LogP contribution in [-0.4, -0.2) is 19.0 Å². The molecule has 0 radical (unpaired) electrons.